The molecule has 94 valence electrons. The smallest absolute Gasteiger partial charge is 0.220 e. The molecule has 0 aliphatic carbocycles. The monoisotopic (exact) mass is 240 g/mol. The first-order valence-electron chi connectivity index (χ1n) is 5.43. The van der Waals surface area contributed by atoms with Gasteiger partial charge >= 0.3 is 0 Å². The molecule has 17 heavy (non-hydrogen) atoms. The molecule has 0 fully saturated rings. The zero-order valence-corrected chi connectivity index (χ0v) is 9.78. The SMILES string of the molecule is CC(N)Cc1cc(F)cc(OCCC(N)=O)c1. The molecule has 0 heterocycles. The normalized spacial score (nSPS) is 12.2. The highest BCUT2D eigenvalue weighted by molar-refractivity contribution is 5.73. The van der Waals surface area contributed by atoms with Crippen molar-refractivity contribution in [2.75, 3.05) is 6.61 Å². The molecule has 0 radical (unpaired) electrons. The van der Waals surface area contributed by atoms with Crippen molar-refractivity contribution in [2.24, 2.45) is 11.5 Å². The van der Waals surface area contributed by atoms with Crippen LogP contribution in [0.1, 0.15) is 18.9 Å². The maximum atomic E-state index is 13.3. The van der Waals surface area contributed by atoms with Crippen molar-refractivity contribution in [3.8, 4) is 5.75 Å². The summed E-state index contributed by atoms with van der Waals surface area (Å²) in [5, 5.41) is 0. The van der Waals surface area contributed by atoms with Gasteiger partial charge in [0.1, 0.15) is 11.6 Å². The first-order valence-corrected chi connectivity index (χ1v) is 5.43. The highest BCUT2D eigenvalue weighted by Crippen LogP contribution is 2.17. The van der Waals surface area contributed by atoms with E-state index in [9.17, 15) is 9.18 Å². The molecule has 4 N–H and O–H groups in total. The van der Waals surface area contributed by atoms with Crippen molar-refractivity contribution in [1.82, 2.24) is 0 Å². The van der Waals surface area contributed by atoms with Gasteiger partial charge in [-0.2, -0.15) is 0 Å². The first-order chi connectivity index (χ1) is 7.97. The molecule has 0 aliphatic heterocycles. The Hall–Kier alpha value is -1.62. The van der Waals surface area contributed by atoms with E-state index in [2.05, 4.69) is 0 Å². The van der Waals surface area contributed by atoms with E-state index in [4.69, 9.17) is 16.2 Å². The predicted molar refractivity (Wildman–Crippen MR) is 63.1 cm³/mol. The van der Waals surface area contributed by atoms with Crippen molar-refractivity contribution >= 4 is 5.91 Å². The average Bonchev–Trinajstić information content (AvgIpc) is 2.14. The lowest BCUT2D eigenvalue weighted by Crippen LogP contribution is -2.18. The Morgan fingerprint density at radius 1 is 1.47 bits per heavy atom. The summed E-state index contributed by atoms with van der Waals surface area (Å²) in [6.07, 6.45) is 0.684. The van der Waals surface area contributed by atoms with Crippen LogP contribution in [0.2, 0.25) is 0 Å². The summed E-state index contributed by atoms with van der Waals surface area (Å²) in [4.78, 5) is 10.5. The fourth-order valence-corrected chi connectivity index (χ4v) is 1.46. The van der Waals surface area contributed by atoms with Crippen LogP contribution in [-0.4, -0.2) is 18.6 Å². The van der Waals surface area contributed by atoms with Gasteiger partial charge in [-0.1, -0.05) is 0 Å². The van der Waals surface area contributed by atoms with E-state index in [-0.39, 0.29) is 24.9 Å². The third-order valence-electron chi connectivity index (χ3n) is 2.11. The number of benzene rings is 1. The van der Waals surface area contributed by atoms with E-state index in [0.29, 0.717) is 12.2 Å². The minimum Gasteiger partial charge on any atom is -0.493 e. The molecule has 4 nitrogen and oxygen atoms in total. The first kappa shape index (κ1) is 13.4. The fraction of sp³-hybridized carbons (Fsp3) is 0.417. The lowest BCUT2D eigenvalue weighted by atomic mass is 10.1. The second-order valence-corrected chi connectivity index (χ2v) is 4.04. The summed E-state index contributed by atoms with van der Waals surface area (Å²) >= 11 is 0. The van der Waals surface area contributed by atoms with Crippen molar-refractivity contribution in [3.05, 3.63) is 29.6 Å². The molecule has 0 bridgehead atoms. The molecule has 1 rings (SSSR count). The third-order valence-corrected chi connectivity index (χ3v) is 2.11. The van der Waals surface area contributed by atoms with Gasteiger partial charge in [0.25, 0.3) is 0 Å². The number of ether oxygens (including phenoxy) is 1. The number of hydrogen-bond acceptors (Lipinski definition) is 3. The van der Waals surface area contributed by atoms with Gasteiger partial charge in [0, 0.05) is 12.1 Å². The molecule has 1 unspecified atom stereocenters. The summed E-state index contributed by atoms with van der Waals surface area (Å²) in [6, 6.07) is 4.36. The second-order valence-electron chi connectivity index (χ2n) is 4.04. The molecule has 1 amide bonds. The van der Waals surface area contributed by atoms with E-state index < -0.39 is 5.91 Å². The number of nitrogens with two attached hydrogens (primary N) is 2. The highest BCUT2D eigenvalue weighted by atomic mass is 19.1. The Bertz CT molecular complexity index is 394. The molecule has 1 atom stereocenters. The Labute approximate surface area is 99.7 Å². The Morgan fingerprint density at radius 3 is 2.76 bits per heavy atom. The van der Waals surface area contributed by atoms with Crippen LogP contribution in [0.3, 0.4) is 0 Å². The molecule has 0 spiro atoms. The van der Waals surface area contributed by atoms with Crippen molar-refractivity contribution in [1.29, 1.82) is 0 Å². The molecule has 0 saturated heterocycles. The molecule has 0 aromatic heterocycles. The largest absolute Gasteiger partial charge is 0.493 e. The van der Waals surface area contributed by atoms with Crippen LogP contribution in [0.25, 0.3) is 0 Å². The molecular weight excluding hydrogens is 223 g/mol. The molecule has 1 aromatic carbocycles. The van der Waals surface area contributed by atoms with Crippen LogP contribution < -0.4 is 16.2 Å². The molecular formula is C12H17FN2O2. The number of rotatable bonds is 6. The lowest BCUT2D eigenvalue weighted by molar-refractivity contribution is -0.118. The lowest BCUT2D eigenvalue weighted by Gasteiger charge is -2.09. The molecule has 0 aliphatic rings. The van der Waals surface area contributed by atoms with Gasteiger partial charge in [0.2, 0.25) is 5.91 Å². The average molecular weight is 240 g/mol. The minimum absolute atomic E-state index is 0.0460. The van der Waals surface area contributed by atoms with Gasteiger partial charge in [-0.3, -0.25) is 4.79 Å². The number of primary amides is 1. The van der Waals surface area contributed by atoms with Gasteiger partial charge in [-0.05, 0) is 31.0 Å². The maximum absolute atomic E-state index is 13.3. The number of hydrogen-bond donors (Lipinski definition) is 2. The second kappa shape index (κ2) is 6.20. The van der Waals surface area contributed by atoms with Crippen LogP contribution in [-0.2, 0) is 11.2 Å². The van der Waals surface area contributed by atoms with Crippen molar-refractivity contribution < 1.29 is 13.9 Å². The van der Waals surface area contributed by atoms with Gasteiger partial charge < -0.3 is 16.2 Å². The quantitative estimate of drug-likeness (QED) is 0.777. The Kier molecular flexibility index (Phi) is 4.90. The Balaban J connectivity index is 2.65. The van der Waals surface area contributed by atoms with Gasteiger partial charge in [0.15, 0.2) is 0 Å². The van der Waals surface area contributed by atoms with E-state index in [1.165, 1.54) is 12.1 Å². The number of halogens is 1. The van der Waals surface area contributed by atoms with Gasteiger partial charge in [0.05, 0.1) is 13.0 Å². The van der Waals surface area contributed by atoms with Gasteiger partial charge in [-0.15, -0.1) is 0 Å². The van der Waals surface area contributed by atoms with E-state index >= 15 is 0 Å². The summed E-state index contributed by atoms with van der Waals surface area (Å²) in [5.41, 5.74) is 11.4. The highest BCUT2D eigenvalue weighted by Gasteiger charge is 2.05. The number of carbonyl (C=O) groups excluding carboxylic acids is 1. The zero-order chi connectivity index (χ0) is 12.8. The molecule has 5 heteroatoms. The Morgan fingerprint density at radius 2 is 2.18 bits per heavy atom. The van der Waals surface area contributed by atoms with E-state index in [1.807, 2.05) is 6.92 Å². The zero-order valence-electron chi connectivity index (χ0n) is 9.78. The maximum Gasteiger partial charge on any atom is 0.220 e. The number of carbonyl (C=O) groups is 1. The topological polar surface area (TPSA) is 78.3 Å². The van der Waals surface area contributed by atoms with Crippen LogP contribution in [0.15, 0.2) is 18.2 Å². The van der Waals surface area contributed by atoms with Crippen LogP contribution in [0.5, 0.6) is 5.75 Å². The van der Waals surface area contributed by atoms with Crippen LogP contribution in [0, 0.1) is 5.82 Å². The van der Waals surface area contributed by atoms with E-state index in [1.54, 1.807) is 6.07 Å². The standard InChI is InChI=1S/C12H17FN2O2/c1-8(14)4-9-5-10(13)7-11(6-9)17-3-2-12(15)16/h5-8H,2-4,14H2,1H3,(H2,15,16). The van der Waals surface area contributed by atoms with Gasteiger partial charge in [-0.25, -0.2) is 4.39 Å². The molecule has 0 saturated carbocycles. The third kappa shape index (κ3) is 5.31. The summed E-state index contributed by atoms with van der Waals surface area (Å²) in [7, 11) is 0. The summed E-state index contributed by atoms with van der Waals surface area (Å²) in [5.74, 6) is -0.434. The minimum atomic E-state index is -0.447. The van der Waals surface area contributed by atoms with Crippen molar-refractivity contribution in [2.45, 2.75) is 25.8 Å². The number of amides is 1. The van der Waals surface area contributed by atoms with E-state index in [0.717, 1.165) is 5.56 Å². The van der Waals surface area contributed by atoms with Crippen LogP contribution >= 0.6 is 0 Å². The van der Waals surface area contributed by atoms with Crippen LogP contribution in [0.4, 0.5) is 4.39 Å². The fourth-order valence-electron chi connectivity index (χ4n) is 1.46. The predicted octanol–water partition coefficient (Wildman–Crippen LogP) is 0.970. The summed E-state index contributed by atoms with van der Waals surface area (Å²) in [6.45, 7) is 1.99. The van der Waals surface area contributed by atoms with Crippen molar-refractivity contribution in [3.63, 3.8) is 0 Å². The summed E-state index contributed by atoms with van der Waals surface area (Å²) < 4.78 is 18.5. The molecule has 1 aromatic rings.